The summed E-state index contributed by atoms with van der Waals surface area (Å²) >= 11 is 6.02. The molecule has 0 saturated carbocycles. The molecule has 2 amide bonds. The highest BCUT2D eigenvalue weighted by molar-refractivity contribution is 6.31. The van der Waals surface area contributed by atoms with Crippen LogP contribution in [0.1, 0.15) is 31.2 Å². The van der Waals surface area contributed by atoms with Gasteiger partial charge < -0.3 is 9.84 Å². The summed E-state index contributed by atoms with van der Waals surface area (Å²) in [7, 11) is 1.44. The van der Waals surface area contributed by atoms with Crippen molar-refractivity contribution >= 4 is 40.7 Å². The van der Waals surface area contributed by atoms with Crippen molar-refractivity contribution in [2.45, 2.75) is 25.7 Å². The van der Waals surface area contributed by atoms with Gasteiger partial charge >= 0.3 is 0 Å². The van der Waals surface area contributed by atoms with Gasteiger partial charge in [0.15, 0.2) is 23.1 Å². The highest BCUT2D eigenvalue weighted by Crippen LogP contribution is 2.55. The van der Waals surface area contributed by atoms with Crippen molar-refractivity contribution < 1.29 is 29.0 Å². The van der Waals surface area contributed by atoms with Gasteiger partial charge in [-0.15, -0.1) is 0 Å². The Bertz CT molecular complexity index is 1530. The minimum atomic E-state index is -0.664. The van der Waals surface area contributed by atoms with Crippen molar-refractivity contribution in [1.82, 2.24) is 0 Å². The van der Waals surface area contributed by atoms with Crippen LogP contribution in [-0.4, -0.2) is 35.6 Å². The first-order valence-electron chi connectivity index (χ1n) is 12.4. The molecule has 0 radical (unpaired) electrons. The molecular weight excluding hydrogens is 506 g/mol. The number of carbonyl (C=O) groups is 4. The van der Waals surface area contributed by atoms with Crippen LogP contribution in [0.3, 0.4) is 0 Å². The fraction of sp³-hybridized carbons (Fsp3) is 0.267. The predicted octanol–water partition coefficient (Wildman–Crippen LogP) is 4.69. The van der Waals surface area contributed by atoms with E-state index in [1.165, 1.54) is 24.2 Å². The largest absolute Gasteiger partial charge is 0.504 e. The third-order valence-electron chi connectivity index (χ3n) is 8.18. The number of amides is 2. The lowest BCUT2D eigenvalue weighted by atomic mass is 9.59. The minimum absolute atomic E-state index is 0.0486. The average Bonchev–Trinajstić information content (AvgIpc) is 3.16. The summed E-state index contributed by atoms with van der Waals surface area (Å²) in [6, 6.07) is 11.4. The maximum atomic E-state index is 13.9. The monoisotopic (exact) mass is 529 g/mol. The first-order valence-corrected chi connectivity index (χ1v) is 12.8. The second-order valence-corrected chi connectivity index (χ2v) is 10.6. The number of rotatable bonds is 3. The van der Waals surface area contributed by atoms with Gasteiger partial charge in [0.05, 0.1) is 24.6 Å². The number of aromatic hydroxyl groups is 1. The third kappa shape index (κ3) is 3.49. The minimum Gasteiger partial charge on any atom is -0.504 e. The number of hydrogen-bond donors (Lipinski definition) is 1. The third-order valence-corrected chi connectivity index (χ3v) is 8.44. The van der Waals surface area contributed by atoms with Gasteiger partial charge in [-0.25, -0.2) is 0 Å². The molecule has 8 heteroatoms. The number of methoxy groups -OCH3 is 1. The van der Waals surface area contributed by atoms with Crippen LogP contribution < -0.4 is 9.64 Å². The molecule has 1 saturated heterocycles. The Balaban J connectivity index is 1.49. The summed E-state index contributed by atoms with van der Waals surface area (Å²) in [6.07, 6.45) is 3.87. The summed E-state index contributed by atoms with van der Waals surface area (Å²) in [4.78, 5) is 55.3. The molecule has 38 heavy (non-hydrogen) atoms. The average molecular weight is 530 g/mol. The van der Waals surface area contributed by atoms with Gasteiger partial charge in [-0.05, 0) is 73.7 Å². The molecule has 2 aromatic carbocycles. The lowest BCUT2D eigenvalue weighted by Gasteiger charge is -2.42. The topological polar surface area (TPSA) is 101 Å². The maximum Gasteiger partial charge on any atom is 0.238 e. The number of benzene rings is 2. The number of ether oxygens (including phenoxy) is 1. The van der Waals surface area contributed by atoms with E-state index in [0.717, 1.165) is 5.57 Å². The number of allylic oxidation sites excluding steroid dienone is 6. The maximum absolute atomic E-state index is 13.9. The second kappa shape index (κ2) is 8.81. The number of Topliss-reactive ketones (excluding diaryl/α,β-unsaturated/α-hetero) is 1. The SMILES string of the molecule is COc1cc([C@H]2C3=CC[C@@H]4C(=O)N(c5ccc(Cl)cc5)C(=O)[C@@H]4[C@@H]3CC3=C2C(=O)C=C(C)C3=O)ccc1O. The zero-order chi connectivity index (χ0) is 26.9. The van der Waals surface area contributed by atoms with E-state index in [-0.39, 0.29) is 41.3 Å². The Morgan fingerprint density at radius 3 is 2.45 bits per heavy atom. The van der Waals surface area contributed by atoms with E-state index >= 15 is 0 Å². The Hall–Kier alpha value is -3.97. The van der Waals surface area contributed by atoms with Crippen molar-refractivity contribution in [1.29, 1.82) is 0 Å². The number of phenolic OH excluding ortho intramolecular Hbond substituents is 1. The molecule has 1 heterocycles. The summed E-state index contributed by atoms with van der Waals surface area (Å²) < 4.78 is 5.32. The second-order valence-electron chi connectivity index (χ2n) is 10.1. The van der Waals surface area contributed by atoms with Crippen molar-refractivity contribution in [2.75, 3.05) is 12.0 Å². The smallest absolute Gasteiger partial charge is 0.238 e. The number of nitrogens with zero attached hydrogens (tertiary/aromatic N) is 1. The molecule has 6 rings (SSSR count). The lowest BCUT2D eigenvalue weighted by molar-refractivity contribution is -0.123. The van der Waals surface area contributed by atoms with Crippen LogP contribution in [0, 0.1) is 17.8 Å². The number of ketones is 2. The van der Waals surface area contributed by atoms with Crippen LogP contribution in [0.2, 0.25) is 5.02 Å². The Kier molecular flexibility index (Phi) is 5.65. The summed E-state index contributed by atoms with van der Waals surface area (Å²) in [5.41, 5.74) is 3.10. The van der Waals surface area contributed by atoms with Gasteiger partial charge in [-0.1, -0.05) is 29.3 Å². The molecule has 4 aliphatic rings. The number of phenols is 1. The molecule has 0 unspecified atom stereocenters. The van der Waals surface area contributed by atoms with Crippen molar-refractivity contribution in [3.05, 3.63) is 87.5 Å². The number of fused-ring (bicyclic) bond motifs is 3. The number of imide groups is 1. The van der Waals surface area contributed by atoms with E-state index in [4.69, 9.17) is 16.3 Å². The first kappa shape index (κ1) is 24.4. The van der Waals surface area contributed by atoms with Crippen LogP contribution >= 0.6 is 11.6 Å². The Morgan fingerprint density at radius 2 is 1.74 bits per heavy atom. The predicted molar refractivity (Wildman–Crippen MR) is 140 cm³/mol. The molecule has 3 aliphatic carbocycles. The van der Waals surface area contributed by atoms with Gasteiger partial charge in [-0.3, -0.25) is 24.1 Å². The highest BCUT2D eigenvalue weighted by Gasteiger charge is 2.56. The Labute approximate surface area is 224 Å². The van der Waals surface area contributed by atoms with E-state index in [9.17, 15) is 24.3 Å². The van der Waals surface area contributed by atoms with Crippen LogP contribution in [0.25, 0.3) is 0 Å². The van der Waals surface area contributed by atoms with E-state index in [0.29, 0.717) is 39.4 Å². The molecule has 0 aromatic heterocycles. The van der Waals surface area contributed by atoms with Crippen LogP contribution in [0.4, 0.5) is 5.69 Å². The van der Waals surface area contributed by atoms with Gasteiger partial charge in [0.25, 0.3) is 0 Å². The Morgan fingerprint density at radius 1 is 1.00 bits per heavy atom. The standard InChI is InChI=1S/C30H24ClNO6/c1-14-11-23(34)27-21(28(14)35)13-20-18(25(27)15-3-10-22(33)24(12-15)38-2)8-9-19-26(20)30(37)32(29(19)36)17-6-4-16(31)5-7-17/h3-8,10-12,19-20,25-26,33H,9,13H2,1-2H3/t19-,20+,25-,26-/m0/s1. The fourth-order valence-corrected chi connectivity index (χ4v) is 6.61. The molecule has 1 N–H and O–H groups in total. The fourth-order valence-electron chi connectivity index (χ4n) is 6.48. The van der Waals surface area contributed by atoms with Crippen molar-refractivity contribution in [3.8, 4) is 11.5 Å². The number of hydrogen-bond acceptors (Lipinski definition) is 6. The van der Waals surface area contributed by atoms with Gasteiger partial charge in [0.1, 0.15) is 0 Å². The van der Waals surface area contributed by atoms with Gasteiger partial charge in [0.2, 0.25) is 11.8 Å². The molecule has 192 valence electrons. The zero-order valence-electron chi connectivity index (χ0n) is 20.7. The van der Waals surface area contributed by atoms with Crippen LogP contribution in [-0.2, 0) is 19.2 Å². The van der Waals surface area contributed by atoms with Gasteiger partial charge in [0, 0.05) is 27.7 Å². The van der Waals surface area contributed by atoms with E-state index < -0.39 is 23.7 Å². The molecule has 0 spiro atoms. The molecule has 1 fully saturated rings. The van der Waals surface area contributed by atoms with E-state index in [2.05, 4.69) is 0 Å². The van der Waals surface area contributed by atoms with Crippen molar-refractivity contribution in [3.63, 3.8) is 0 Å². The normalized spacial score (nSPS) is 26.6. The lowest BCUT2D eigenvalue weighted by Crippen LogP contribution is -2.39. The van der Waals surface area contributed by atoms with E-state index in [1.54, 1.807) is 43.3 Å². The summed E-state index contributed by atoms with van der Waals surface area (Å²) in [5.74, 6) is -3.13. The van der Waals surface area contributed by atoms with Crippen LogP contribution in [0.5, 0.6) is 11.5 Å². The molecule has 2 aromatic rings. The number of carbonyl (C=O) groups excluding carboxylic acids is 4. The van der Waals surface area contributed by atoms with E-state index in [1.807, 2.05) is 6.08 Å². The molecule has 0 bridgehead atoms. The number of halogens is 1. The molecule has 4 atom stereocenters. The molecule has 7 nitrogen and oxygen atoms in total. The van der Waals surface area contributed by atoms with Crippen LogP contribution in [0.15, 0.2) is 76.9 Å². The zero-order valence-corrected chi connectivity index (χ0v) is 21.5. The quantitative estimate of drug-likeness (QED) is 0.352. The first-order chi connectivity index (χ1) is 18.2. The summed E-state index contributed by atoms with van der Waals surface area (Å²) in [6.45, 7) is 1.62. The summed E-state index contributed by atoms with van der Waals surface area (Å²) in [5, 5.41) is 10.7. The number of anilines is 1. The molecular formula is C30H24ClNO6. The van der Waals surface area contributed by atoms with Crippen molar-refractivity contribution in [2.24, 2.45) is 17.8 Å². The molecule has 1 aliphatic heterocycles. The van der Waals surface area contributed by atoms with Gasteiger partial charge in [-0.2, -0.15) is 0 Å². The highest BCUT2D eigenvalue weighted by atomic mass is 35.5.